The van der Waals surface area contributed by atoms with E-state index in [0.29, 0.717) is 30.9 Å². The van der Waals surface area contributed by atoms with E-state index in [1.165, 1.54) is 0 Å². The first-order valence-corrected chi connectivity index (χ1v) is 11.4. The van der Waals surface area contributed by atoms with Crippen molar-refractivity contribution >= 4 is 23.6 Å². The van der Waals surface area contributed by atoms with Crippen molar-refractivity contribution in [2.45, 2.75) is 69.1 Å². The third kappa shape index (κ3) is 9.65. The molecule has 7 heteroatoms. The van der Waals surface area contributed by atoms with Gasteiger partial charge in [-0.1, -0.05) is 44.9 Å². The minimum Gasteiger partial charge on any atom is -0.390 e. The Bertz CT molecular complexity index is 637. The van der Waals surface area contributed by atoms with Crippen LogP contribution in [0.1, 0.15) is 46.0 Å². The normalized spacial score (nSPS) is 16.9. The molecule has 0 spiro atoms. The van der Waals surface area contributed by atoms with Gasteiger partial charge in [-0.3, -0.25) is 9.59 Å². The molecule has 0 bridgehead atoms. The molecule has 2 amide bonds. The summed E-state index contributed by atoms with van der Waals surface area (Å²) in [6, 6.07) is 9.30. The van der Waals surface area contributed by atoms with Gasteiger partial charge in [0.1, 0.15) is 6.04 Å². The third-order valence-electron chi connectivity index (χ3n) is 4.90. The summed E-state index contributed by atoms with van der Waals surface area (Å²) < 4.78 is 0. The molecule has 0 aromatic heterocycles. The lowest BCUT2D eigenvalue weighted by Gasteiger charge is -2.22. The number of hydrogen-bond donors (Lipinski definition) is 4. The van der Waals surface area contributed by atoms with Crippen LogP contribution in [0.25, 0.3) is 0 Å². The van der Waals surface area contributed by atoms with Crippen LogP contribution < -0.4 is 10.6 Å². The van der Waals surface area contributed by atoms with Crippen molar-refractivity contribution in [3.8, 4) is 0 Å². The van der Waals surface area contributed by atoms with Crippen LogP contribution in [0.4, 0.5) is 0 Å². The van der Waals surface area contributed by atoms with Crippen molar-refractivity contribution < 1.29 is 19.8 Å². The topological polar surface area (TPSA) is 98.7 Å². The van der Waals surface area contributed by atoms with E-state index in [1.54, 1.807) is 11.8 Å². The summed E-state index contributed by atoms with van der Waals surface area (Å²) in [6.07, 6.45) is 1.71. The first-order valence-electron chi connectivity index (χ1n) is 10.5. The number of aliphatic hydroxyl groups is 2. The Labute approximate surface area is 177 Å². The fourth-order valence-corrected chi connectivity index (χ4v) is 3.94. The molecule has 29 heavy (non-hydrogen) atoms. The van der Waals surface area contributed by atoms with E-state index >= 15 is 0 Å². The molecular weight excluding hydrogens is 388 g/mol. The lowest BCUT2D eigenvalue weighted by Crippen LogP contribution is -2.50. The van der Waals surface area contributed by atoms with Crippen molar-refractivity contribution in [2.75, 3.05) is 12.3 Å². The number of hydrogen-bond acceptors (Lipinski definition) is 5. The van der Waals surface area contributed by atoms with E-state index in [1.807, 2.05) is 44.2 Å². The number of carbonyl (C=O) groups excluding carboxylic acids is 2. The number of nitrogens with one attached hydrogen (secondary N) is 2. The van der Waals surface area contributed by atoms with E-state index in [0.717, 1.165) is 17.7 Å². The summed E-state index contributed by atoms with van der Waals surface area (Å²) in [6.45, 7) is 3.91. The molecule has 1 aliphatic rings. The second kappa shape index (κ2) is 12.2. The Kier molecular flexibility index (Phi) is 9.97. The van der Waals surface area contributed by atoms with E-state index in [9.17, 15) is 19.8 Å². The number of benzene rings is 1. The molecule has 1 fully saturated rings. The van der Waals surface area contributed by atoms with Crippen molar-refractivity contribution in [1.82, 2.24) is 10.6 Å². The molecule has 4 N–H and O–H groups in total. The highest BCUT2D eigenvalue weighted by atomic mass is 32.2. The van der Waals surface area contributed by atoms with Gasteiger partial charge in [-0.15, -0.1) is 11.8 Å². The molecule has 1 aliphatic carbocycles. The molecule has 1 aromatic carbocycles. The van der Waals surface area contributed by atoms with Gasteiger partial charge in [-0.05, 0) is 36.8 Å². The third-order valence-corrected chi connectivity index (χ3v) is 5.91. The fourth-order valence-electron chi connectivity index (χ4n) is 3.07. The highest BCUT2D eigenvalue weighted by molar-refractivity contribution is 7.99. The minimum atomic E-state index is -1.01. The molecule has 3 atom stereocenters. The van der Waals surface area contributed by atoms with Gasteiger partial charge >= 0.3 is 0 Å². The zero-order valence-corrected chi connectivity index (χ0v) is 18.2. The van der Waals surface area contributed by atoms with Crippen molar-refractivity contribution in [1.29, 1.82) is 0 Å². The number of thioether (sulfide) groups is 1. The number of carbonyl (C=O) groups is 2. The quantitative estimate of drug-likeness (QED) is 0.366. The van der Waals surface area contributed by atoms with Gasteiger partial charge in [-0.2, -0.15) is 0 Å². The molecule has 162 valence electrons. The van der Waals surface area contributed by atoms with E-state index < -0.39 is 18.2 Å². The lowest BCUT2D eigenvalue weighted by atomic mass is 10.0. The van der Waals surface area contributed by atoms with Crippen molar-refractivity contribution in [3.05, 3.63) is 30.3 Å². The fraction of sp³-hybridized carbons (Fsp3) is 0.636. The Balaban J connectivity index is 1.76. The molecule has 0 saturated heterocycles. The van der Waals surface area contributed by atoms with Crippen LogP contribution in [0.2, 0.25) is 0 Å². The summed E-state index contributed by atoms with van der Waals surface area (Å²) >= 11 is 1.61. The van der Waals surface area contributed by atoms with Crippen LogP contribution >= 0.6 is 11.8 Å². The van der Waals surface area contributed by atoms with Gasteiger partial charge in [0.25, 0.3) is 0 Å². The molecule has 6 nitrogen and oxygen atoms in total. The zero-order valence-electron chi connectivity index (χ0n) is 17.3. The van der Waals surface area contributed by atoms with Gasteiger partial charge in [0.05, 0.1) is 12.2 Å². The van der Waals surface area contributed by atoms with Crippen LogP contribution in [0.3, 0.4) is 0 Å². The van der Waals surface area contributed by atoms with Gasteiger partial charge in [0.2, 0.25) is 11.8 Å². The van der Waals surface area contributed by atoms with Crippen LogP contribution in [0, 0.1) is 11.8 Å². The maximum Gasteiger partial charge on any atom is 0.242 e. The van der Waals surface area contributed by atoms with Gasteiger partial charge in [0.15, 0.2) is 0 Å². The zero-order chi connectivity index (χ0) is 21.2. The molecular formula is C22H34N2O4S. The molecule has 1 saturated carbocycles. The summed E-state index contributed by atoms with van der Waals surface area (Å²) in [5.74, 6) is 0.937. The van der Waals surface area contributed by atoms with Gasteiger partial charge in [-0.25, -0.2) is 0 Å². The summed E-state index contributed by atoms with van der Waals surface area (Å²) in [5, 5.41) is 25.5. The molecule has 0 aliphatic heterocycles. The maximum absolute atomic E-state index is 12.6. The Morgan fingerprint density at radius 3 is 2.45 bits per heavy atom. The van der Waals surface area contributed by atoms with Gasteiger partial charge in [0, 0.05) is 23.6 Å². The summed E-state index contributed by atoms with van der Waals surface area (Å²) in [7, 11) is 0. The first kappa shape index (κ1) is 23.7. The predicted molar refractivity (Wildman–Crippen MR) is 116 cm³/mol. The number of rotatable bonds is 13. The molecule has 2 rings (SSSR count). The number of aliphatic hydroxyl groups excluding tert-OH is 2. The molecule has 0 heterocycles. The minimum absolute atomic E-state index is 0.0202. The second-order valence-electron chi connectivity index (χ2n) is 8.22. The molecule has 0 radical (unpaired) electrons. The van der Waals surface area contributed by atoms with Crippen molar-refractivity contribution in [3.63, 3.8) is 0 Å². The SMILES string of the molecule is CC(C)C[C@H](O)[C@H](O)CNC(=O)C(CC1CC1)NC(=O)CCSc1ccccc1. The predicted octanol–water partition coefficient (Wildman–Crippen LogP) is 2.34. The van der Waals surface area contributed by atoms with E-state index in [2.05, 4.69) is 10.6 Å². The van der Waals surface area contributed by atoms with Crippen LogP contribution in [-0.4, -0.2) is 52.6 Å². The summed E-state index contributed by atoms with van der Waals surface area (Å²) in [5.41, 5.74) is 0. The Morgan fingerprint density at radius 1 is 1.14 bits per heavy atom. The average molecular weight is 423 g/mol. The first-order chi connectivity index (χ1) is 13.8. The largest absolute Gasteiger partial charge is 0.390 e. The van der Waals surface area contributed by atoms with Crippen LogP contribution in [-0.2, 0) is 9.59 Å². The summed E-state index contributed by atoms with van der Waals surface area (Å²) in [4.78, 5) is 26.0. The van der Waals surface area contributed by atoms with Gasteiger partial charge < -0.3 is 20.8 Å². The number of amides is 2. The Hall–Kier alpha value is -1.57. The highest BCUT2D eigenvalue weighted by Gasteiger charge is 2.30. The van der Waals surface area contributed by atoms with Crippen LogP contribution in [0.15, 0.2) is 35.2 Å². The molecule has 1 unspecified atom stereocenters. The second-order valence-corrected chi connectivity index (χ2v) is 9.39. The average Bonchev–Trinajstić information content (AvgIpc) is 3.49. The van der Waals surface area contributed by atoms with Crippen LogP contribution in [0.5, 0.6) is 0 Å². The lowest BCUT2D eigenvalue weighted by molar-refractivity contribution is -0.129. The van der Waals surface area contributed by atoms with E-state index in [4.69, 9.17) is 0 Å². The molecule has 1 aromatic rings. The Morgan fingerprint density at radius 2 is 1.83 bits per heavy atom. The highest BCUT2D eigenvalue weighted by Crippen LogP contribution is 2.33. The standard InChI is InChI=1S/C22H34N2O4S/c1-15(2)12-19(25)20(26)14-23-22(28)18(13-16-8-9-16)24-21(27)10-11-29-17-6-4-3-5-7-17/h3-7,15-16,18-20,25-26H,8-14H2,1-2H3,(H,23,28)(H,24,27)/t18?,19-,20+/m0/s1. The smallest absolute Gasteiger partial charge is 0.242 e. The van der Waals surface area contributed by atoms with E-state index in [-0.39, 0.29) is 24.3 Å². The van der Waals surface area contributed by atoms with Crippen molar-refractivity contribution in [2.24, 2.45) is 11.8 Å². The monoisotopic (exact) mass is 422 g/mol. The maximum atomic E-state index is 12.6.